The Morgan fingerprint density at radius 3 is 2.81 bits per heavy atom. The van der Waals surface area contributed by atoms with E-state index in [2.05, 4.69) is 26.0 Å². The van der Waals surface area contributed by atoms with Crippen LogP contribution in [0.3, 0.4) is 0 Å². The number of aldehydes is 1. The molecule has 0 heterocycles. The lowest BCUT2D eigenvalue weighted by Crippen LogP contribution is -2.35. The molecule has 0 radical (unpaired) electrons. The summed E-state index contributed by atoms with van der Waals surface area (Å²) in [4.78, 5) is 11.3. The van der Waals surface area contributed by atoms with Gasteiger partial charge < -0.3 is 4.79 Å². The first-order valence-corrected chi connectivity index (χ1v) is 6.79. The lowest BCUT2D eigenvalue weighted by molar-refractivity contribution is -0.119. The highest BCUT2D eigenvalue weighted by Gasteiger charge is 2.60. The monoisotopic (exact) mass is 218 g/mol. The average Bonchev–Trinajstić information content (AvgIpc) is 2.90. The summed E-state index contributed by atoms with van der Waals surface area (Å²) in [5.74, 6) is 4.13. The maximum Gasteiger partial charge on any atom is 0.126 e. The van der Waals surface area contributed by atoms with Crippen molar-refractivity contribution < 1.29 is 4.79 Å². The van der Waals surface area contributed by atoms with Gasteiger partial charge in [-0.1, -0.05) is 19.1 Å². The van der Waals surface area contributed by atoms with Crippen LogP contribution in [-0.4, -0.2) is 6.29 Å². The van der Waals surface area contributed by atoms with Gasteiger partial charge in [-0.25, -0.2) is 0 Å². The molecule has 3 saturated carbocycles. The molecule has 0 saturated heterocycles. The van der Waals surface area contributed by atoms with Gasteiger partial charge in [-0.3, -0.25) is 0 Å². The second kappa shape index (κ2) is 3.45. The van der Waals surface area contributed by atoms with Crippen LogP contribution in [0.25, 0.3) is 0 Å². The molecular formula is C15H22O. The van der Waals surface area contributed by atoms with Crippen LogP contribution in [0, 0.1) is 35.0 Å². The van der Waals surface area contributed by atoms with Crippen LogP contribution < -0.4 is 0 Å². The fraction of sp³-hybridized carbons (Fsp3) is 0.800. The maximum atomic E-state index is 11.3. The van der Waals surface area contributed by atoms with Gasteiger partial charge in [-0.05, 0) is 62.2 Å². The molecule has 3 aliphatic rings. The Bertz CT molecular complexity index is 332. The van der Waals surface area contributed by atoms with E-state index in [1.54, 1.807) is 0 Å². The molecule has 1 heteroatoms. The molecule has 3 aliphatic carbocycles. The molecule has 16 heavy (non-hydrogen) atoms. The normalized spacial score (nSPS) is 54.8. The van der Waals surface area contributed by atoms with Crippen LogP contribution in [0.4, 0.5) is 0 Å². The zero-order valence-corrected chi connectivity index (χ0v) is 10.4. The second-order valence-electron chi connectivity index (χ2n) is 6.44. The Kier molecular flexibility index (Phi) is 2.28. The Balaban J connectivity index is 1.86. The van der Waals surface area contributed by atoms with Crippen molar-refractivity contribution in [1.82, 2.24) is 0 Å². The van der Waals surface area contributed by atoms with Gasteiger partial charge in [0, 0.05) is 5.41 Å². The van der Waals surface area contributed by atoms with Crippen LogP contribution >= 0.6 is 0 Å². The van der Waals surface area contributed by atoms with E-state index in [9.17, 15) is 4.79 Å². The number of hydrogen-bond donors (Lipinski definition) is 0. The minimum atomic E-state index is 0.0245. The molecule has 3 fully saturated rings. The third-order valence-electron chi connectivity index (χ3n) is 5.70. The Labute approximate surface area is 98.3 Å². The third kappa shape index (κ3) is 1.20. The van der Waals surface area contributed by atoms with Gasteiger partial charge in [0.2, 0.25) is 0 Å². The molecule has 2 bridgehead atoms. The summed E-state index contributed by atoms with van der Waals surface area (Å²) in [7, 11) is 0. The molecule has 0 amide bonds. The largest absolute Gasteiger partial charge is 0.303 e. The summed E-state index contributed by atoms with van der Waals surface area (Å²) in [5.41, 5.74) is 0.0245. The van der Waals surface area contributed by atoms with E-state index >= 15 is 0 Å². The van der Waals surface area contributed by atoms with Gasteiger partial charge in [0.15, 0.2) is 0 Å². The van der Waals surface area contributed by atoms with Gasteiger partial charge in [-0.15, -0.1) is 0 Å². The first kappa shape index (κ1) is 10.6. The predicted octanol–water partition coefficient (Wildman–Crippen LogP) is 3.45. The summed E-state index contributed by atoms with van der Waals surface area (Å²) in [6.45, 7) is 4.33. The van der Waals surface area contributed by atoms with Gasteiger partial charge in [0.25, 0.3) is 0 Å². The van der Waals surface area contributed by atoms with Crippen molar-refractivity contribution in [2.45, 2.75) is 39.5 Å². The maximum absolute atomic E-state index is 11.3. The summed E-state index contributed by atoms with van der Waals surface area (Å²) >= 11 is 0. The van der Waals surface area contributed by atoms with Crippen LogP contribution in [0.2, 0.25) is 0 Å². The van der Waals surface area contributed by atoms with Gasteiger partial charge in [0.05, 0.1) is 0 Å². The number of carbonyl (C=O) groups excluding carboxylic acids is 1. The van der Waals surface area contributed by atoms with Crippen molar-refractivity contribution in [3.63, 3.8) is 0 Å². The van der Waals surface area contributed by atoms with E-state index in [4.69, 9.17) is 0 Å². The lowest BCUT2D eigenvalue weighted by atomic mass is 9.66. The molecule has 0 aromatic rings. The molecule has 0 aromatic heterocycles. The minimum absolute atomic E-state index is 0.0245. The highest BCUT2D eigenvalue weighted by Crippen LogP contribution is 2.66. The molecule has 3 rings (SSSR count). The number of hydrogen-bond acceptors (Lipinski definition) is 1. The SMILES string of the molecule is C/C=C\C1CCC2C1C1CC2C(C)(C=O)C1. The lowest BCUT2D eigenvalue weighted by Gasteiger charge is -2.37. The topological polar surface area (TPSA) is 17.1 Å². The zero-order valence-electron chi connectivity index (χ0n) is 10.4. The van der Waals surface area contributed by atoms with Crippen molar-refractivity contribution in [3.8, 4) is 0 Å². The van der Waals surface area contributed by atoms with E-state index in [0.717, 1.165) is 30.1 Å². The summed E-state index contributed by atoms with van der Waals surface area (Å²) in [5, 5.41) is 0. The highest BCUT2D eigenvalue weighted by atomic mass is 16.1. The highest BCUT2D eigenvalue weighted by molar-refractivity contribution is 5.61. The van der Waals surface area contributed by atoms with Crippen molar-refractivity contribution in [3.05, 3.63) is 12.2 Å². The average molecular weight is 218 g/mol. The fourth-order valence-electron chi connectivity index (χ4n) is 5.22. The Morgan fingerprint density at radius 2 is 2.12 bits per heavy atom. The Morgan fingerprint density at radius 1 is 1.31 bits per heavy atom. The van der Waals surface area contributed by atoms with Crippen molar-refractivity contribution in [2.75, 3.05) is 0 Å². The van der Waals surface area contributed by atoms with Crippen LogP contribution in [0.1, 0.15) is 39.5 Å². The molecule has 0 spiro atoms. The minimum Gasteiger partial charge on any atom is -0.303 e. The van der Waals surface area contributed by atoms with E-state index < -0.39 is 0 Å². The molecule has 6 atom stereocenters. The number of allylic oxidation sites excluding steroid dienone is 2. The first-order chi connectivity index (χ1) is 7.69. The Hall–Kier alpha value is -0.590. The van der Waals surface area contributed by atoms with E-state index in [1.165, 1.54) is 25.5 Å². The molecule has 0 aliphatic heterocycles. The molecule has 6 unspecified atom stereocenters. The predicted molar refractivity (Wildman–Crippen MR) is 64.9 cm³/mol. The van der Waals surface area contributed by atoms with Crippen LogP contribution in [-0.2, 0) is 4.79 Å². The molecule has 1 nitrogen and oxygen atoms in total. The van der Waals surface area contributed by atoms with Crippen molar-refractivity contribution in [1.29, 1.82) is 0 Å². The molecule has 0 N–H and O–H groups in total. The number of rotatable bonds is 2. The molecule has 88 valence electrons. The van der Waals surface area contributed by atoms with Gasteiger partial charge in [0.1, 0.15) is 6.29 Å². The van der Waals surface area contributed by atoms with E-state index in [1.807, 2.05) is 0 Å². The van der Waals surface area contributed by atoms with Crippen LogP contribution in [0.5, 0.6) is 0 Å². The standard InChI is InChI=1S/C15H22O/c1-3-4-10-5-6-12-13-7-11(14(10)12)8-15(13,2)9-16/h3-4,9-14H,5-8H2,1-2H3/b4-3-. The summed E-state index contributed by atoms with van der Waals surface area (Å²) < 4.78 is 0. The number of carbonyl (C=O) groups is 1. The van der Waals surface area contributed by atoms with Crippen LogP contribution in [0.15, 0.2) is 12.2 Å². The quantitative estimate of drug-likeness (QED) is 0.512. The molecular weight excluding hydrogens is 196 g/mol. The number of fused-ring (bicyclic) bond motifs is 5. The molecule has 0 aromatic carbocycles. The van der Waals surface area contributed by atoms with Gasteiger partial charge in [-0.2, -0.15) is 0 Å². The smallest absolute Gasteiger partial charge is 0.126 e. The van der Waals surface area contributed by atoms with Gasteiger partial charge >= 0.3 is 0 Å². The van der Waals surface area contributed by atoms with E-state index in [-0.39, 0.29) is 5.41 Å². The first-order valence-electron chi connectivity index (χ1n) is 6.79. The zero-order chi connectivity index (χ0) is 11.3. The van der Waals surface area contributed by atoms with E-state index in [0.29, 0.717) is 5.92 Å². The van der Waals surface area contributed by atoms with Crippen molar-refractivity contribution >= 4 is 6.29 Å². The third-order valence-corrected chi connectivity index (χ3v) is 5.70. The summed E-state index contributed by atoms with van der Waals surface area (Å²) in [6.07, 6.45) is 11.1. The summed E-state index contributed by atoms with van der Waals surface area (Å²) in [6, 6.07) is 0. The van der Waals surface area contributed by atoms with Crippen molar-refractivity contribution in [2.24, 2.45) is 35.0 Å². The second-order valence-corrected chi connectivity index (χ2v) is 6.44. The fourth-order valence-corrected chi connectivity index (χ4v) is 5.22.